The molecule has 0 aliphatic carbocycles. The molecule has 5 nitrogen and oxygen atoms in total. The van der Waals surface area contributed by atoms with Gasteiger partial charge in [-0.05, 0) is 86.3 Å². The molecular weight excluding hydrogens is 414 g/mol. The second-order valence-electron chi connectivity index (χ2n) is 8.28. The number of nitrogens with zero attached hydrogens (tertiary/aromatic N) is 1. The van der Waals surface area contributed by atoms with E-state index in [1.165, 1.54) is 0 Å². The molecule has 0 unspecified atom stereocenters. The molecule has 0 radical (unpaired) electrons. The number of aryl methyl sites for hydroxylation is 4. The second kappa shape index (κ2) is 8.79. The third-order valence-electron chi connectivity index (χ3n) is 5.66. The van der Waals surface area contributed by atoms with E-state index in [1.807, 2.05) is 75.1 Å². The Kier molecular flexibility index (Phi) is 5.88. The Morgan fingerprint density at radius 3 is 1.82 bits per heavy atom. The minimum atomic E-state index is 0.154. The first-order valence-electron chi connectivity index (χ1n) is 10.7. The Bertz CT molecular complexity index is 1280. The molecule has 168 valence electrons. The lowest BCUT2D eigenvalue weighted by Crippen LogP contribution is -2.12. The number of anilines is 3. The Balaban J connectivity index is 1.84. The summed E-state index contributed by atoms with van der Waals surface area (Å²) in [5, 5.41) is 30.4. The van der Waals surface area contributed by atoms with Gasteiger partial charge in [0, 0.05) is 23.9 Å². The first-order valence-corrected chi connectivity index (χ1v) is 10.7. The molecule has 0 bridgehead atoms. The maximum absolute atomic E-state index is 10.2. The fraction of sp³-hybridized carbons (Fsp3) is 0.143. The number of rotatable bonds is 5. The molecule has 4 rings (SSSR count). The Morgan fingerprint density at radius 2 is 1.21 bits per heavy atom. The van der Waals surface area contributed by atoms with Crippen LogP contribution in [0.25, 0.3) is 0 Å². The minimum Gasteiger partial charge on any atom is -0.508 e. The predicted octanol–water partition coefficient (Wildman–Crippen LogP) is 7.30. The monoisotopic (exact) mass is 441 g/mol. The highest BCUT2D eigenvalue weighted by Gasteiger charge is 2.19. The van der Waals surface area contributed by atoms with Gasteiger partial charge < -0.3 is 25.0 Å². The summed E-state index contributed by atoms with van der Waals surface area (Å²) >= 11 is 0. The van der Waals surface area contributed by atoms with Crippen molar-refractivity contribution >= 4 is 17.1 Å². The summed E-state index contributed by atoms with van der Waals surface area (Å²) in [5.41, 5.74) is 5.88. The van der Waals surface area contributed by atoms with E-state index in [0.29, 0.717) is 11.5 Å². The highest BCUT2D eigenvalue weighted by Crippen LogP contribution is 2.42. The van der Waals surface area contributed by atoms with Gasteiger partial charge >= 0.3 is 0 Å². The standard InChI is InChI=1S/C28H27NO4/c1-17-8-10-22(30)15-25(17)29(26-16-23(31)11-9-18(26)2)21-6-5-7-24(14-21)33-28-13-19(3)27(32)12-20(28)4/h5-16,30-32H,1-4H3. The highest BCUT2D eigenvalue weighted by atomic mass is 16.5. The average Bonchev–Trinajstić information content (AvgIpc) is 2.77. The normalized spacial score (nSPS) is 10.8. The zero-order chi connectivity index (χ0) is 23.7. The van der Waals surface area contributed by atoms with Gasteiger partial charge in [0.05, 0.1) is 11.4 Å². The molecule has 0 atom stereocenters. The van der Waals surface area contributed by atoms with Crippen molar-refractivity contribution in [3.05, 3.63) is 95.1 Å². The molecule has 0 saturated heterocycles. The topological polar surface area (TPSA) is 73.2 Å². The molecule has 3 N–H and O–H groups in total. The smallest absolute Gasteiger partial charge is 0.130 e. The van der Waals surface area contributed by atoms with E-state index in [4.69, 9.17) is 4.74 Å². The first kappa shape index (κ1) is 22.1. The van der Waals surface area contributed by atoms with E-state index in [9.17, 15) is 15.3 Å². The molecule has 5 heteroatoms. The van der Waals surface area contributed by atoms with Gasteiger partial charge in [-0.2, -0.15) is 0 Å². The summed E-state index contributed by atoms with van der Waals surface area (Å²) < 4.78 is 6.18. The van der Waals surface area contributed by atoms with Crippen molar-refractivity contribution < 1.29 is 20.1 Å². The molecule has 0 heterocycles. The van der Waals surface area contributed by atoms with Gasteiger partial charge in [0.1, 0.15) is 28.7 Å². The van der Waals surface area contributed by atoms with Gasteiger partial charge in [-0.3, -0.25) is 0 Å². The number of phenolic OH excluding ortho intramolecular Hbond substituents is 3. The molecule has 33 heavy (non-hydrogen) atoms. The number of aromatic hydroxyl groups is 3. The molecule has 0 aliphatic heterocycles. The summed E-state index contributed by atoms with van der Waals surface area (Å²) in [6.07, 6.45) is 0. The van der Waals surface area contributed by atoms with Crippen LogP contribution in [0.1, 0.15) is 22.3 Å². The number of benzene rings is 4. The Morgan fingerprint density at radius 1 is 0.606 bits per heavy atom. The first-order chi connectivity index (χ1) is 15.7. The van der Waals surface area contributed by atoms with E-state index in [2.05, 4.69) is 0 Å². The molecule has 0 fully saturated rings. The van der Waals surface area contributed by atoms with Gasteiger partial charge in [0.25, 0.3) is 0 Å². The van der Waals surface area contributed by atoms with Crippen LogP contribution in [0.3, 0.4) is 0 Å². The largest absolute Gasteiger partial charge is 0.508 e. The number of hydrogen-bond acceptors (Lipinski definition) is 5. The van der Waals surface area contributed by atoms with Crippen LogP contribution in [-0.4, -0.2) is 15.3 Å². The lowest BCUT2D eigenvalue weighted by atomic mass is 10.1. The summed E-state index contributed by atoms with van der Waals surface area (Å²) in [7, 11) is 0. The summed E-state index contributed by atoms with van der Waals surface area (Å²) in [4.78, 5) is 1.99. The predicted molar refractivity (Wildman–Crippen MR) is 132 cm³/mol. The molecule has 0 aromatic heterocycles. The molecule has 4 aromatic rings. The summed E-state index contributed by atoms with van der Waals surface area (Å²) in [5.74, 6) is 1.83. The van der Waals surface area contributed by atoms with Gasteiger partial charge in [0.15, 0.2) is 0 Å². The van der Waals surface area contributed by atoms with Crippen molar-refractivity contribution in [2.75, 3.05) is 4.90 Å². The molecule has 0 saturated carbocycles. The Hall–Kier alpha value is -4.12. The van der Waals surface area contributed by atoms with Crippen LogP contribution in [0.2, 0.25) is 0 Å². The molecule has 0 amide bonds. The maximum atomic E-state index is 10.2. The molecule has 0 spiro atoms. The number of phenols is 3. The SMILES string of the molecule is Cc1cc(Oc2cccc(N(c3cc(O)ccc3C)c3cc(O)ccc3C)c2)c(C)cc1O. The van der Waals surface area contributed by atoms with E-state index >= 15 is 0 Å². The van der Waals surface area contributed by atoms with Gasteiger partial charge in [-0.25, -0.2) is 0 Å². The number of hydrogen-bond donors (Lipinski definition) is 3. The van der Waals surface area contributed by atoms with Crippen LogP contribution in [0.5, 0.6) is 28.7 Å². The van der Waals surface area contributed by atoms with Crippen molar-refractivity contribution in [2.45, 2.75) is 27.7 Å². The minimum absolute atomic E-state index is 0.154. The van der Waals surface area contributed by atoms with Crippen LogP contribution in [0.4, 0.5) is 17.1 Å². The van der Waals surface area contributed by atoms with Crippen molar-refractivity contribution in [2.24, 2.45) is 0 Å². The lowest BCUT2D eigenvalue weighted by molar-refractivity contribution is 0.458. The maximum Gasteiger partial charge on any atom is 0.130 e. The van der Waals surface area contributed by atoms with Crippen molar-refractivity contribution in [3.63, 3.8) is 0 Å². The fourth-order valence-electron chi connectivity index (χ4n) is 3.78. The lowest BCUT2D eigenvalue weighted by Gasteiger charge is -2.29. The van der Waals surface area contributed by atoms with Crippen LogP contribution >= 0.6 is 0 Å². The van der Waals surface area contributed by atoms with Gasteiger partial charge in [0.2, 0.25) is 0 Å². The van der Waals surface area contributed by atoms with Gasteiger partial charge in [-0.15, -0.1) is 0 Å². The van der Waals surface area contributed by atoms with Crippen LogP contribution in [0.15, 0.2) is 72.8 Å². The van der Waals surface area contributed by atoms with E-state index < -0.39 is 0 Å². The zero-order valence-corrected chi connectivity index (χ0v) is 19.1. The zero-order valence-electron chi connectivity index (χ0n) is 19.1. The fourth-order valence-corrected chi connectivity index (χ4v) is 3.78. The van der Waals surface area contributed by atoms with Crippen molar-refractivity contribution in [1.29, 1.82) is 0 Å². The van der Waals surface area contributed by atoms with E-state index in [1.54, 1.807) is 30.3 Å². The summed E-state index contributed by atoms with van der Waals surface area (Å²) in [6, 6.07) is 21.6. The van der Waals surface area contributed by atoms with Gasteiger partial charge in [-0.1, -0.05) is 18.2 Å². The van der Waals surface area contributed by atoms with Crippen molar-refractivity contribution in [3.8, 4) is 28.7 Å². The third kappa shape index (κ3) is 4.58. The molecular formula is C28H27NO4. The van der Waals surface area contributed by atoms with Crippen LogP contribution in [0, 0.1) is 27.7 Å². The van der Waals surface area contributed by atoms with E-state index in [-0.39, 0.29) is 17.2 Å². The highest BCUT2D eigenvalue weighted by molar-refractivity contribution is 5.81. The van der Waals surface area contributed by atoms with E-state index in [0.717, 1.165) is 39.3 Å². The quantitative estimate of drug-likeness (QED) is 0.303. The Labute approximate surface area is 193 Å². The number of ether oxygens (including phenoxy) is 1. The molecule has 0 aliphatic rings. The van der Waals surface area contributed by atoms with Crippen LogP contribution in [-0.2, 0) is 0 Å². The van der Waals surface area contributed by atoms with Crippen molar-refractivity contribution in [1.82, 2.24) is 0 Å². The third-order valence-corrected chi connectivity index (χ3v) is 5.66. The average molecular weight is 442 g/mol. The van der Waals surface area contributed by atoms with Crippen LogP contribution < -0.4 is 9.64 Å². The molecule has 4 aromatic carbocycles. The second-order valence-corrected chi connectivity index (χ2v) is 8.28. The summed E-state index contributed by atoms with van der Waals surface area (Å²) in [6.45, 7) is 7.66.